The van der Waals surface area contributed by atoms with Gasteiger partial charge >= 0.3 is 0 Å². The van der Waals surface area contributed by atoms with Gasteiger partial charge in [0.25, 0.3) is 0 Å². The predicted molar refractivity (Wildman–Crippen MR) is 195 cm³/mol. The molecule has 272 valence electrons. The minimum absolute atomic E-state index is 0.0222. The molecule has 4 rings (SSSR count). The van der Waals surface area contributed by atoms with Crippen LogP contribution in [0, 0.1) is 23.2 Å². The standard InChI is InChI=1S/C40H57N5O5/c1-28(2)20-35(37(48)23-32(16-10-11-18-41)39(50)45-26-40(27-45)17-19-44(25-40)29(3)46)43-38(49)33(21-30-12-6-4-7-13-30)24-36(47)34(42)22-31-14-8-5-9-15-31/h4-9,12-15,28,32-35H,10-11,16-27,41-42H2,1-3H3,(H,43,49)/t32-,33-,34+,35+/m0/s1. The van der Waals surface area contributed by atoms with Crippen LogP contribution in [-0.4, -0.2) is 83.9 Å². The van der Waals surface area contributed by atoms with E-state index in [-0.39, 0.29) is 53.5 Å². The lowest BCUT2D eigenvalue weighted by molar-refractivity contribution is -0.149. The number of Topliss-reactive ketones (excluding diaryl/α,β-unsaturated/α-hetero) is 2. The lowest BCUT2D eigenvalue weighted by Crippen LogP contribution is -2.61. The van der Waals surface area contributed by atoms with Gasteiger partial charge in [-0.25, -0.2) is 0 Å². The van der Waals surface area contributed by atoms with E-state index in [4.69, 9.17) is 11.5 Å². The molecule has 0 aliphatic carbocycles. The molecule has 3 amide bonds. The Morgan fingerprint density at radius 1 is 0.800 bits per heavy atom. The van der Waals surface area contributed by atoms with Gasteiger partial charge < -0.3 is 26.6 Å². The number of rotatable bonds is 19. The zero-order valence-electron chi connectivity index (χ0n) is 30.2. The van der Waals surface area contributed by atoms with E-state index in [0.717, 1.165) is 30.4 Å². The highest BCUT2D eigenvalue weighted by atomic mass is 16.2. The molecule has 2 heterocycles. The van der Waals surface area contributed by atoms with Crippen molar-refractivity contribution in [2.24, 2.45) is 34.6 Å². The van der Waals surface area contributed by atoms with Gasteiger partial charge in [-0.15, -0.1) is 0 Å². The molecule has 0 bridgehead atoms. The number of nitrogens with zero attached hydrogens (tertiary/aromatic N) is 2. The van der Waals surface area contributed by atoms with Crippen LogP contribution in [-0.2, 0) is 36.8 Å². The molecule has 10 nitrogen and oxygen atoms in total. The zero-order chi connectivity index (χ0) is 36.3. The van der Waals surface area contributed by atoms with Crippen LogP contribution < -0.4 is 16.8 Å². The van der Waals surface area contributed by atoms with Crippen LogP contribution in [0.5, 0.6) is 0 Å². The van der Waals surface area contributed by atoms with Gasteiger partial charge in [0.2, 0.25) is 17.7 Å². The van der Waals surface area contributed by atoms with E-state index >= 15 is 0 Å². The number of likely N-dealkylation sites (tertiary alicyclic amines) is 2. The minimum Gasteiger partial charge on any atom is -0.346 e. The van der Waals surface area contributed by atoms with Crippen LogP contribution in [0.15, 0.2) is 60.7 Å². The number of amides is 3. The Balaban J connectivity index is 1.45. The summed E-state index contributed by atoms with van der Waals surface area (Å²) in [7, 11) is 0. The topological polar surface area (TPSA) is 156 Å². The molecule has 0 aromatic heterocycles. The van der Waals surface area contributed by atoms with Crippen molar-refractivity contribution < 1.29 is 24.0 Å². The Bertz CT molecular complexity index is 1440. The average molecular weight is 688 g/mol. The summed E-state index contributed by atoms with van der Waals surface area (Å²) in [4.78, 5) is 70.8. The number of nitrogens with one attached hydrogen (secondary N) is 1. The summed E-state index contributed by atoms with van der Waals surface area (Å²) in [5.41, 5.74) is 13.9. The van der Waals surface area contributed by atoms with Gasteiger partial charge in [0.1, 0.15) is 0 Å². The van der Waals surface area contributed by atoms with E-state index in [9.17, 15) is 24.0 Å². The van der Waals surface area contributed by atoms with Gasteiger partial charge in [-0.1, -0.05) is 80.9 Å². The predicted octanol–water partition coefficient (Wildman–Crippen LogP) is 3.69. The molecule has 2 saturated heterocycles. The van der Waals surface area contributed by atoms with Crippen molar-refractivity contribution in [3.8, 4) is 0 Å². The number of carbonyl (C=O) groups excluding carboxylic acids is 5. The smallest absolute Gasteiger partial charge is 0.226 e. The lowest BCUT2D eigenvalue weighted by atomic mass is 9.77. The fraction of sp³-hybridized carbons (Fsp3) is 0.575. The first-order valence-electron chi connectivity index (χ1n) is 18.3. The van der Waals surface area contributed by atoms with Crippen molar-refractivity contribution >= 4 is 29.3 Å². The maximum atomic E-state index is 14.0. The van der Waals surface area contributed by atoms with Gasteiger partial charge in [-0.05, 0) is 62.1 Å². The molecule has 10 heteroatoms. The van der Waals surface area contributed by atoms with Gasteiger partial charge in [-0.2, -0.15) is 0 Å². The van der Waals surface area contributed by atoms with E-state index in [2.05, 4.69) is 5.32 Å². The van der Waals surface area contributed by atoms with E-state index in [0.29, 0.717) is 58.4 Å². The maximum Gasteiger partial charge on any atom is 0.226 e. The number of carbonyl (C=O) groups is 5. The summed E-state index contributed by atoms with van der Waals surface area (Å²) in [6.07, 6.45) is 3.99. The largest absolute Gasteiger partial charge is 0.346 e. The molecule has 0 radical (unpaired) electrons. The summed E-state index contributed by atoms with van der Waals surface area (Å²) >= 11 is 0. The molecule has 2 aliphatic heterocycles. The Morgan fingerprint density at radius 2 is 1.38 bits per heavy atom. The van der Waals surface area contributed by atoms with E-state index in [1.165, 1.54) is 0 Å². The summed E-state index contributed by atoms with van der Waals surface area (Å²) < 4.78 is 0. The Kier molecular flexibility index (Phi) is 14.3. The Labute approximate surface area is 297 Å². The third kappa shape index (κ3) is 11.1. The molecule has 1 spiro atoms. The van der Waals surface area contributed by atoms with E-state index in [1.807, 2.05) is 84.3 Å². The molecule has 2 aromatic rings. The molecular formula is C40H57N5O5. The fourth-order valence-corrected chi connectivity index (χ4v) is 7.44. The lowest BCUT2D eigenvalue weighted by Gasteiger charge is -2.49. The summed E-state index contributed by atoms with van der Waals surface area (Å²) in [5, 5.41) is 3.02. The van der Waals surface area contributed by atoms with Crippen LogP contribution >= 0.6 is 0 Å². The number of nitrogens with two attached hydrogens (primary N) is 2. The van der Waals surface area contributed by atoms with Crippen molar-refractivity contribution in [2.45, 2.75) is 90.6 Å². The van der Waals surface area contributed by atoms with E-state index < -0.39 is 23.9 Å². The number of ketones is 2. The number of unbranched alkanes of at least 4 members (excludes halogenated alkanes) is 1. The van der Waals surface area contributed by atoms with Crippen molar-refractivity contribution in [3.05, 3.63) is 71.8 Å². The third-order valence-electron chi connectivity index (χ3n) is 10.3. The second-order valence-corrected chi connectivity index (χ2v) is 15.1. The first-order valence-corrected chi connectivity index (χ1v) is 18.3. The number of hydrogen-bond acceptors (Lipinski definition) is 7. The number of benzene rings is 2. The molecule has 2 fully saturated rings. The van der Waals surface area contributed by atoms with Gasteiger partial charge in [0.15, 0.2) is 11.6 Å². The molecular weight excluding hydrogens is 630 g/mol. The van der Waals surface area contributed by atoms with Crippen LogP contribution in [0.4, 0.5) is 0 Å². The summed E-state index contributed by atoms with van der Waals surface area (Å²) in [6.45, 7) is 8.62. The Hall–Kier alpha value is -3.89. The SMILES string of the molecule is CC(=O)N1CCC2(C1)CN(C(=O)[C@@H](CCCCN)CC(=O)[C@@H](CC(C)C)NC(=O)[C@H](CC(=O)[C@H](N)Cc1ccccc1)Cc1ccccc1)C2. The van der Waals surface area contributed by atoms with Gasteiger partial charge in [0.05, 0.1) is 12.1 Å². The minimum atomic E-state index is -0.791. The van der Waals surface area contributed by atoms with E-state index in [1.54, 1.807) is 6.92 Å². The molecule has 0 unspecified atom stereocenters. The first kappa shape index (κ1) is 38.9. The highest BCUT2D eigenvalue weighted by molar-refractivity contribution is 5.95. The molecule has 5 N–H and O–H groups in total. The molecule has 2 aromatic carbocycles. The van der Waals surface area contributed by atoms with Crippen LogP contribution in [0.25, 0.3) is 0 Å². The highest BCUT2D eigenvalue weighted by Gasteiger charge is 2.50. The normalized spacial score (nSPS) is 17.6. The summed E-state index contributed by atoms with van der Waals surface area (Å²) in [5.74, 6) is -1.86. The third-order valence-corrected chi connectivity index (χ3v) is 10.3. The Morgan fingerprint density at radius 3 is 1.94 bits per heavy atom. The van der Waals surface area contributed by atoms with Crippen LogP contribution in [0.2, 0.25) is 0 Å². The monoisotopic (exact) mass is 687 g/mol. The van der Waals surface area contributed by atoms with Crippen molar-refractivity contribution in [2.75, 3.05) is 32.7 Å². The van der Waals surface area contributed by atoms with Crippen molar-refractivity contribution in [1.29, 1.82) is 0 Å². The first-order chi connectivity index (χ1) is 23.9. The maximum absolute atomic E-state index is 14.0. The number of hydrogen-bond donors (Lipinski definition) is 3. The molecule has 4 atom stereocenters. The summed E-state index contributed by atoms with van der Waals surface area (Å²) in [6, 6.07) is 17.5. The molecule has 0 saturated carbocycles. The van der Waals surface area contributed by atoms with Crippen molar-refractivity contribution in [3.63, 3.8) is 0 Å². The molecule has 2 aliphatic rings. The highest BCUT2D eigenvalue weighted by Crippen LogP contribution is 2.40. The van der Waals surface area contributed by atoms with Crippen molar-refractivity contribution in [1.82, 2.24) is 15.1 Å². The van der Waals surface area contributed by atoms with Crippen LogP contribution in [0.1, 0.15) is 76.8 Å². The average Bonchev–Trinajstić information content (AvgIpc) is 3.54. The molecule has 50 heavy (non-hydrogen) atoms. The fourth-order valence-electron chi connectivity index (χ4n) is 7.44. The van der Waals surface area contributed by atoms with Crippen LogP contribution in [0.3, 0.4) is 0 Å². The quantitative estimate of drug-likeness (QED) is 0.190. The van der Waals surface area contributed by atoms with Gasteiger partial charge in [0, 0.05) is 63.2 Å². The second kappa shape index (κ2) is 18.4. The zero-order valence-corrected chi connectivity index (χ0v) is 30.2. The van der Waals surface area contributed by atoms with Gasteiger partial charge in [-0.3, -0.25) is 24.0 Å². The second-order valence-electron chi connectivity index (χ2n) is 15.1.